The molecule has 0 fully saturated rings. The molecule has 0 bridgehead atoms. The third-order valence-corrected chi connectivity index (χ3v) is 4.05. The van der Waals surface area contributed by atoms with Crippen LogP contribution in [-0.2, 0) is 14.1 Å². The van der Waals surface area contributed by atoms with E-state index >= 15 is 0 Å². The van der Waals surface area contributed by atoms with E-state index < -0.39 is 6.10 Å². The summed E-state index contributed by atoms with van der Waals surface area (Å²) in [6.07, 6.45) is -0.809. The number of aliphatic hydroxyl groups excluding tert-OH is 1. The number of aryl methyl sites for hydroxylation is 2. The van der Waals surface area contributed by atoms with Crippen LogP contribution >= 0.6 is 0 Å². The highest BCUT2D eigenvalue weighted by Crippen LogP contribution is 2.30. The number of benzene rings is 2. The third-order valence-electron chi connectivity index (χ3n) is 4.05. The maximum absolute atomic E-state index is 12.0. The minimum Gasteiger partial charge on any atom is -0.496 e. The van der Waals surface area contributed by atoms with Gasteiger partial charge in [0.25, 0.3) is 0 Å². The van der Waals surface area contributed by atoms with Crippen LogP contribution in [0.3, 0.4) is 0 Å². The van der Waals surface area contributed by atoms with Gasteiger partial charge in [-0.1, -0.05) is 24.3 Å². The average molecular weight is 298 g/mol. The van der Waals surface area contributed by atoms with Gasteiger partial charge in [-0.3, -0.25) is 9.13 Å². The number of nitrogens with zero attached hydrogens (tertiary/aromatic N) is 2. The summed E-state index contributed by atoms with van der Waals surface area (Å²) in [6.45, 7) is 0. The second-order valence-corrected chi connectivity index (χ2v) is 5.29. The Morgan fingerprint density at radius 3 is 2.45 bits per heavy atom. The van der Waals surface area contributed by atoms with Gasteiger partial charge in [0.15, 0.2) is 0 Å². The van der Waals surface area contributed by atoms with Crippen molar-refractivity contribution in [2.45, 2.75) is 6.10 Å². The Kier molecular flexibility index (Phi) is 3.50. The van der Waals surface area contributed by atoms with Crippen LogP contribution in [0.25, 0.3) is 11.0 Å². The van der Waals surface area contributed by atoms with Crippen molar-refractivity contribution in [2.24, 2.45) is 14.1 Å². The number of ether oxygens (including phenoxy) is 1. The van der Waals surface area contributed by atoms with Gasteiger partial charge in [-0.05, 0) is 23.8 Å². The molecule has 1 N–H and O–H groups in total. The van der Waals surface area contributed by atoms with E-state index in [4.69, 9.17) is 4.74 Å². The fourth-order valence-corrected chi connectivity index (χ4v) is 2.77. The van der Waals surface area contributed by atoms with Crippen LogP contribution in [0.5, 0.6) is 5.75 Å². The number of aliphatic hydroxyl groups is 1. The lowest BCUT2D eigenvalue weighted by Gasteiger charge is -2.15. The number of para-hydroxylation sites is 1. The lowest BCUT2D eigenvalue weighted by Crippen LogP contribution is -2.19. The molecule has 5 heteroatoms. The van der Waals surface area contributed by atoms with Crippen molar-refractivity contribution in [3.05, 3.63) is 64.1 Å². The molecular weight excluding hydrogens is 280 g/mol. The Balaban J connectivity index is 2.14. The minimum atomic E-state index is -0.809. The molecule has 0 spiro atoms. The summed E-state index contributed by atoms with van der Waals surface area (Å²) in [4.78, 5) is 12.0. The van der Waals surface area contributed by atoms with Gasteiger partial charge in [0.05, 0.1) is 18.1 Å². The van der Waals surface area contributed by atoms with Crippen LogP contribution in [0, 0.1) is 0 Å². The molecule has 1 aromatic heterocycles. The Morgan fingerprint density at radius 1 is 1.05 bits per heavy atom. The largest absolute Gasteiger partial charge is 0.496 e. The van der Waals surface area contributed by atoms with Gasteiger partial charge in [-0.15, -0.1) is 0 Å². The van der Waals surface area contributed by atoms with Crippen molar-refractivity contribution < 1.29 is 9.84 Å². The highest BCUT2D eigenvalue weighted by Gasteiger charge is 2.17. The molecule has 1 unspecified atom stereocenters. The number of hydrogen-bond acceptors (Lipinski definition) is 3. The van der Waals surface area contributed by atoms with E-state index in [-0.39, 0.29) is 5.69 Å². The van der Waals surface area contributed by atoms with Crippen LogP contribution in [0.15, 0.2) is 47.3 Å². The van der Waals surface area contributed by atoms with Gasteiger partial charge in [0, 0.05) is 19.7 Å². The zero-order valence-electron chi connectivity index (χ0n) is 12.8. The molecule has 22 heavy (non-hydrogen) atoms. The molecule has 0 aliphatic rings. The topological polar surface area (TPSA) is 56.4 Å². The van der Waals surface area contributed by atoms with Crippen molar-refractivity contribution in [1.29, 1.82) is 0 Å². The quantitative estimate of drug-likeness (QED) is 0.804. The second-order valence-electron chi connectivity index (χ2n) is 5.29. The number of fused-ring (bicyclic) bond motifs is 1. The normalized spacial score (nSPS) is 12.5. The van der Waals surface area contributed by atoms with Gasteiger partial charge < -0.3 is 9.84 Å². The molecule has 2 aromatic carbocycles. The SMILES string of the molecule is COc1ccccc1C(O)c1ccc2c(c1)n(C)c(=O)n2C. The van der Waals surface area contributed by atoms with Crippen molar-refractivity contribution in [3.8, 4) is 5.75 Å². The van der Waals surface area contributed by atoms with Crippen LogP contribution in [-0.4, -0.2) is 21.4 Å². The number of aromatic nitrogens is 2. The summed E-state index contributed by atoms with van der Waals surface area (Å²) >= 11 is 0. The molecule has 3 aromatic rings. The molecule has 1 heterocycles. The van der Waals surface area contributed by atoms with Gasteiger partial charge >= 0.3 is 5.69 Å². The van der Waals surface area contributed by atoms with Gasteiger partial charge in [-0.25, -0.2) is 4.79 Å². The number of rotatable bonds is 3. The van der Waals surface area contributed by atoms with E-state index in [0.717, 1.165) is 16.6 Å². The van der Waals surface area contributed by atoms with E-state index in [1.807, 2.05) is 42.5 Å². The maximum atomic E-state index is 12.0. The van der Waals surface area contributed by atoms with Gasteiger partial charge in [0.1, 0.15) is 11.9 Å². The number of hydrogen-bond donors (Lipinski definition) is 1. The van der Waals surface area contributed by atoms with E-state index in [9.17, 15) is 9.90 Å². The number of imidazole rings is 1. The monoisotopic (exact) mass is 298 g/mol. The van der Waals surface area contributed by atoms with E-state index in [2.05, 4.69) is 0 Å². The summed E-state index contributed by atoms with van der Waals surface area (Å²) in [5.41, 5.74) is 2.96. The molecule has 0 aliphatic heterocycles. The van der Waals surface area contributed by atoms with Crippen molar-refractivity contribution in [1.82, 2.24) is 9.13 Å². The zero-order valence-corrected chi connectivity index (χ0v) is 12.8. The Bertz CT molecular complexity index is 893. The summed E-state index contributed by atoms with van der Waals surface area (Å²) in [7, 11) is 5.04. The van der Waals surface area contributed by atoms with Crippen LogP contribution < -0.4 is 10.4 Å². The predicted octanol–water partition coefficient (Wildman–Crippen LogP) is 1.97. The van der Waals surface area contributed by atoms with E-state index in [0.29, 0.717) is 11.3 Å². The molecule has 114 valence electrons. The predicted molar refractivity (Wildman–Crippen MR) is 85.2 cm³/mol. The molecule has 0 radical (unpaired) electrons. The minimum absolute atomic E-state index is 0.0843. The van der Waals surface area contributed by atoms with E-state index in [1.54, 1.807) is 30.3 Å². The standard InChI is InChI=1S/C17H18N2O3/c1-18-13-9-8-11(10-14(13)19(2)17(18)21)16(20)12-6-4-5-7-15(12)22-3/h4-10,16,20H,1-3H3. The fraction of sp³-hybridized carbons (Fsp3) is 0.235. The summed E-state index contributed by atoms with van der Waals surface area (Å²) in [5, 5.41) is 10.7. The van der Waals surface area contributed by atoms with Crippen LogP contribution in [0.4, 0.5) is 0 Å². The lowest BCUT2D eigenvalue weighted by molar-refractivity contribution is 0.215. The molecule has 1 atom stereocenters. The van der Waals surface area contributed by atoms with E-state index in [1.165, 1.54) is 0 Å². The first-order valence-corrected chi connectivity index (χ1v) is 7.01. The molecular formula is C17H18N2O3. The first-order chi connectivity index (χ1) is 10.5. The smallest absolute Gasteiger partial charge is 0.328 e. The van der Waals surface area contributed by atoms with Gasteiger partial charge in [-0.2, -0.15) is 0 Å². The van der Waals surface area contributed by atoms with Crippen LogP contribution in [0.2, 0.25) is 0 Å². The maximum Gasteiger partial charge on any atom is 0.328 e. The summed E-state index contributed by atoms with van der Waals surface area (Å²) in [6, 6.07) is 12.9. The first-order valence-electron chi connectivity index (χ1n) is 7.01. The van der Waals surface area contributed by atoms with Crippen molar-refractivity contribution in [3.63, 3.8) is 0 Å². The fourth-order valence-electron chi connectivity index (χ4n) is 2.77. The molecule has 0 aliphatic carbocycles. The van der Waals surface area contributed by atoms with Crippen LogP contribution in [0.1, 0.15) is 17.2 Å². The molecule has 0 amide bonds. The number of methoxy groups -OCH3 is 1. The lowest BCUT2D eigenvalue weighted by atomic mass is 10.00. The molecule has 0 saturated heterocycles. The Hall–Kier alpha value is -2.53. The first kappa shape index (κ1) is 14.4. The summed E-state index contributed by atoms with van der Waals surface area (Å²) in [5.74, 6) is 0.636. The second kappa shape index (κ2) is 5.35. The third kappa shape index (κ3) is 2.10. The molecule has 0 saturated carbocycles. The Labute approximate surface area is 128 Å². The average Bonchev–Trinajstić information content (AvgIpc) is 2.78. The van der Waals surface area contributed by atoms with Crippen molar-refractivity contribution in [2.75, 3.05) is 7.11 Å². The highest BCUT2D eigenvalue weighted by atomic mass is 16.5. The molecule has 3 rings (SSSR count). The zero-order chi connectivity index (χ0) is 15.9. The van der Waals surface area contributed by atoms with Gasteiger partial charge in [0.2, 0.25) is 0 Å². The Morgan fingerprint density at radius 2 is 1.73 bits per heavy atom. The highest BCUT2D eigenvalue weighted by molar-refractivity contribution is 5.77. The molecule has 5 nitrogen and oxygen atoms in total. The summed E-state index contributed by atoms with van der Waals surface area (Å²) < 4.78 is 8.47. The van der Waals surface area contributed by atoms with Crippen molar-refractivity contribution >= 4 is 11.0 Å².